The van der Waals surface area contributed by atoms with Crippen LogP contribution in [0.2, 0.25) is 0 Å². The molecule has 57 heavy (non-hydrogen) atoms. The normalized spacial score (nSPS) is 12.2. The average molecular weight is 743 g/mol. The van der Waals surface area contributed by atoms with Crippen LogP contribution in [0.5, 0.6) is 5.75 Å². The average Bonchev–Trinajstić information content (AvgIpc) is 3.25. The van der Waals surface area contributed by atoms with Crippen molar-refractivity contribution in [3.05, 3.63) is 207 Å². The molecule has 0 fully saturated rings. The van der Waals surface area contributed by atoms with E-state index < -0.39 is 5.97 Å². The number of carbonyl (C=O) groups is 3. The molecule has 0 saturated carbocycles. The molecule has 0 amide bonds. The number of ketones is 2. The first-order chi connectivity index (χ1) is 27.9. The summed E-state index contributed by atoms with van der Waals surface area (Å²) in [7, 11) is 0. The highest BCUT2D eigenvalue weighted by Gasteiger charge is 2.29. The van der Waals surface area contributed by atoms with E-state index in [1.807, 2.05) is 60.7 Å². The van der Waals surface area contributed by atoms with Crippen LogP contribution in [-0.4, -0.2) is 17.5 Å². The van der Waals surface area contributed by atoms with Gasteiger partial charge in [-0.25, -0.2) is 4.79 Å². The Morgan fingerprint density at radius 2 is 1.14 bits per heavy atom. The Balaban J connectivity index is 0.987. The zero-order chi connectivity index (χ0) is 38.6. The van der Waals surface area contributed by atoms with Gasteiger partial charge in [-0.15, -0.1) is 0 Å². The Labute approximate surface area is 325 Å². The summed E-state index contributed by atoms with van der Waals surface area (Å²) < 4.78 is 18.7. The van der Waals surface area contributed by atoms with Crippen LogP contribution in [0.4, 0.5) is 0 Å². The standard InChI is InChI=1S/C50H30O7/c51-32-18-21-41-45(25-32)57-46-26-33(55-27-29-17-20-39-43(23-29)49(53)38-15-7-6-14-37(38)48(39)52)19-22-42(46)47(41)36-13-5-8-16-40(36)50(54)56-28-44-34-11-3-1-9-30(34)24-31-10-2-4-12-35(31)44/h1-26H,27-28H2. The monoisotopic (exact) mass is 742 g/mol. The lowest BCUT2D eigenvalue weighted by atomic mass is 9.83. The van der Waals surface area contributed by atoms with E-state index in [0.717, 1.165) is 27.1 Å². The lowest BCUT2D eigenvalue weighted by Crippen LogP contribution is -2.21. The summed E-state index contributed by atoms with van der Waals surface area (Å²) in [4.78, 5) is 53.1. The first kappa shape index (κ1) is 33.9. The minimum atomic E-state index is -0.487. The van der Waals surface area contributed by atoms with Crippen molar-refractivity contribution in [2.75, 3.05) is 0 Å². The van der Waals surface area contributed by atoms with Crippen molar-refractivity contribution < 1.29 is 28.3 Å². The van der Waals surface area contributed by atoms with Gasteiger partial charge in [0.25, 0.3) is 0 Å². The Morgan fingerprint density at radius 3 is 1.89 bits per heavy atom. The molecule has 1 heterocycles. The Bertz CT molecular complexity index is 3120. The molecular formula is C50H30O7. The van der Waals surface area contributed by atoms with Crippen molar-refractivity contribution in [3.8, 4) is 28.2 Å². The fourth-order valence-corrected chi connectivity index (χ4v) is 7.99. The number of rotatable bonds is 7. The molecule has 0 N–H and O–H groups in total. The second kappa shape index (κ2) is 13.6. The summed E-state index contributed by atoms with van der Waals surface area (Å²) in [5.74, 6) is -0.0314. The van der Waals surface area contributed by atoms with Gasteiger partial charge < -0.3 is 13.9 Å². The summed E-state index contributed by atoms with van der Waals surface area (Å²) in [6.07, 6.45) is 0. The molecule has 7 aromatic carbocycles. The zero-order valence-corrected chi connectivity index (χ0v) is 30.3. The molecule has 7 aromatic rings. The lowest BCUT2D eigenvalue weighted by molar-refractivity contribution is 0.0476. The van der Waals surface area contributed by atoms with Gasteiger partial charge in [-0.3, -0.25) is 14.4 Å². The quantitative estimate of drug-likeness (QED) is 0.118. The van der Waals surface area contributed by atoms with E-state index in [-0.39, 0.29) is 30.2 Å². The highest BCUT2D eigenvalue weighted by Crippen LogP contribution is 2.42. The maximum Gasteiger partial charge on any atom is 0.339 e. The smallest absolute Gasteiger partial charge is 0.339 e. The fourth-order valence-electron chi connectivity index (χ4n) is 7.99. The van der Waals surface area contributed by atoms with E-state index in [1.165, 1.54) is 12.1 Å². The van der Waals surface area contributed by atoms with Crippen LogP contribution in [0.1, 0.15) is 53.3 Å². The highest BCUT2D eigenvalue weighted by molar-refractivity contribution is 6.28. The third-order valence-electron chi connectivity index (χ3n) is 10.7. The van der Waals surface area contributed by atoms with E-state index >= 15 is 0 Å². The van der Waals surface area contributed by atoms with Crippen molar-refractivity contribution in [1.82, 2.24) is 0 Å². The fraction of sp³-hybridized carbons (Fsp3) is 0.0400. The van der Waals surface area contributed by atoms with Gasteiger partial charge in [0, 0.05) is 56.5 Å². The summed E-state index contributed by atoms with van der Waals surface area (Å²) in [6, 6.07) is 47.6. The number of hydrogen-bond acceptors (Lipinski definition) is 7. The molecule has 0 spiro atoms. The molecule has 2 aliphatic carbocycles. The van der Waals surface area contributed by atoms with Gasteiger partial charge >= 0.3 is 5.97 Å². The Kier molecular flexibility index (Phi) is 8.08. The van der Waals surface area contributed by atoms with E-state index in [4.69, 9.17) is 13.9 Å². The van der Waals surface area contributed by atoms with E-state index in [0.29, 0.717) is 72.6 Å². The molecule has 7 heteroatoms. The number of carbonyl (C=O) groups excluding carboxylic acids is 3. The van der Waals surface area contributed by atoms with E-state index in [1.54, 1.807) is 66.7 Å². The Morgan fingerprint density at radius 1 is 0.509 bits per heavy atom. The lowest BCUT2D eigenvalue weighted by Gasteiger charge is -2.19. The molecule has 3 aliphatic rings. The third-order valence-corrected chi connectivity index (χ3v) is 10.7. The maximum absolute atomic E-state index is 14.1. The van der Waals surface area contributed by atoms with Crippen LogP contribution in [0.15, 0.2) is 167 Å². The van der Waals surface area contributed by atoms with E-state index in [9.17, 15) is 19.2 Å². The first-order valence-corrected chi connectivity index (χ1v) is 18.5. The molecule has 0 aromatic heterocycles. The van der Waals surface area contributed by atoms with Crippen molar-refractivity contribution in [2.45, 2.75) is 13.2 Å². The van der Waals surface area contributed by atoms with Crippen molar-refractivity contribution in [1.29, 1.82) is 0 Å². The second-order valence-electron chi connectivity index (χ2n) is 14.1. The summed E-state index contributed by atoms with van der Waals surface area (Å²) in [5, 5.41) is 4.87. The van der Waals surface area contributed by atoms with Crippen LogP contribution in [-0.2, 0) is 18.0 Å². The van der Waals surface area contributed by atoms with Crippen LogP contribution < -0.4 is 10.2 Å². The van der Waals surface area contributed by atoms with Crippen molar-refractivity contribution >= 4 is 50.0 Å². The summed E-state index contributed by atoms with van der Waals surface area (Å²) in [5.41, 5.74) is 5.73. The number of ether oxygens (including phenoxy) is 2. The summed E-state index contributed by atoms with van der Waals surface area (Å²) in [6.45, 7) is 0.191. The zero-order valence-electron chi connectivity index (χ0n) is 30.3. The molecular weight excluding hydrogens is 713 g/mol. The van der Waals surface area contributed by atoms with Crippen LogP contribution in [0.25, 0.3) is 55.0 Å². The molecule has 272 valence electrons. The first-order valence-electron chi connectivity index (χ1n) is 18.5. The maximum atomic E-state index is 14.1. The highest BCUT2D eigenvalue weighted by atomic mass is 16.5. The molecule has 0 unspecified atom stereocenters. The predicted molar refractivity (Wildman–Crippen MR) is 219 cm³/mol. The minimum Gasteiger partial charge on any atom is -0.489 e. The number of benzene rings is 8. The molecule has 0 bridgehead atoms. The van der Waals surface area contributed by atoms with Gasteiger partial charge in [-0.05, 0) is 81.2 Å². The topological polar surface area (TPSA) is 99.9 Å². The predicted octanol–water partition coefficient (Wildman–Crippen LogP) is 10.6. The van der Waals surface area contributed by atoms with E-state index in [2.05, 4.69) is 18.2 Å². The summed E-state index contributed by atoms with van der Waals surface area (Å²) >= 11 is 0. The van der Waals surface area contributed by atoms with Gasteiger partial charge in [-0.1, -0.05) is 97.1 Å². The van der Waals surface area contributed by atoms with Gasteiger partial charge in [0.2, 0.25) is 0 Å². The largest absolute Gasteiger partial charge is 0.489 e. The van der Waals surface area contributed by atoms with Crippen LogP contribution in [0, 0.1) is 0 Å². The third kappa shape index (κ3) is 5.84. The molecule has 0 atom stereocenters. The molecule has 0 saturated heterocycles. The molecule has 0 radical (unpaired) electrons. The van der Waals surface area contributed by atoms with Crippen molar-refractivity contribution in [3.63, 3.8) is 0 Å². The van der Waals surface area contributed by atoms with Crippen molar-refractivity contribution in [2.24, 2.45) is 0 Å². The van der Waals surface area contributed by atoms with Crippen LogP contribution in [0.3, 0.4) is 0 Å². The number of hydrogen-bond donors (Lipinski definition) is 0. The SMILES string of the molecule is O=C1c2ccccc2C(=O)c2cc(COc3ccc4c(-c5ccccc5C(=O)OCc5c6ccccc6cc6ccccc56)c5ccc(=O)cc-5oc4c3)ccc21. The number of fused-ring (bicyclic) bond motifs is 6. The van der Waals surface area contributed by atoms with Gasteiger partial charge in [-0.2, -0.15) is 0 Å². The van der Waals surface area contributed by atoms with Crippen LogP contribution >= 0.6 is 0 Å². The number of esters is 1. The Hall–Kier alpha value is -7.64. The molecule has 1 aliphatic heterocycles. The minimum absolute atomic E-state index is 0.0723. The molecule has 7 nitrogen and oxygen atoms in total. The molecule has 10 rings (SSSR count). The van der Waals surface area contributed by atoms with Gasteiger partial charge in [0.1, 0.15) is 30.3 Å². The van der Waals surface area contributed by atoms with Gasteiger partial charge in [0.15, 0.2) is 17.0 Å². The second-order valence-corrected chi connectivity index (χ2v) is 14.1. The van der Waals surface area contributed by atoms with Gasteiger partial charge in [0.05, 0.1) is 5.56 Å².